The van der Waals surface area contributed by atoms with Crippen LogP contribution in [-0.4, -0.2) is 55.0 Å². The Balaban J connectivity index is 2.21. The summed E-state index contributed by atoms with van der Waals surface area (Å²) in [5, 5.41) is 12.4. The number of methoxy groups -OCH3 is 2. The number of anilines is 1. The van der Waals surface area contributed by atoms with Crippen molar-refractivity contribution in [3.8, 4) is 22.8 Å². The molecule has 0 aliphatic heterocycles. The first-order chi connectivity index (χ1) is 15.0. The molecule has 0 radical (unpaired) electrons. The van der Waals surface area contributed by atoms with Crippen LogP contribution >= 0.6 is 0 Å². The van der Waals surface area contributed by atoms with Crippen molar-refractivity contribution in [3.05, 3.63) is 36.2 Å². The first kappa shape index (κ1) is 23.9. The van der Waals surface area contributed by atoms with E-state index in [2.05, 4.69) is 10.3 Å². The lowest BCUT2D eigenvalue weighted by Gasteiger charge is -2.21. The fourth-order valence-electron chi connectivity index (χ4n) is 3.52. The van der Waals surface area contributed by atoms with Gasteiger partial charge in [-0.25, -0.2) is 13.4 Å². The van der Waals surface area contributed by atoms with Crippen LogP contribution in [0.15, 0.2) is 35.5 Å². The standard InChI is InChI=1S/C23H31N3O5S/c1-15-10-16(11-17(22(15)31-6)24-8-7-9-27)18-13-25-21-12-19(30-5)20(14-26(18)21)32(28,29)23(2,3)4/h10-14,24,27H,7-9H2,1-6H3. The van der Waals surface area contributed by atoms with E-state index in [4.69, 9.17) is 14.6 Å². The van der Waals surface area contributed by atoms with Crippen LogP contribution in [-0.2, 0) is 9.84 Å². The zero-order valence-electron chi connectivity index (χ0n) is 19.4. The average molecular weight is 462 g/mol. The van der Waals surface area contributed by atoms with Crippen molar-refractivity contribution in [2.45, 2.75) is 43.8 Å². The maximum Gasteiger partial charge on any atom is 0.188 e. The summed E-state index contributed by atoms with van der Waals surface area (Å²) in [5.41, 5.74) is 3.88. The van der Waals surface area contributed by atoms with E-state index in [1.807, 2.05) is 19.1 Å². The predicted molar refractivity (Wildman–Crippen MR) is 126 cm³/mol. The molecular formula is C23H31N3O5S. The number of aliphatic hydroxyl groups excluding tert-OH is 1. The molecule has 2 N–H and O–H groups in total. The number of aryl methyl sites for hydroxylation is 1. The third-order valence-electron chi connectivity index (χ3n) is 5.32. The van der Waals surface area contributed by atoms with E-state index in [1.54, 1.807) is 50.7 Å². The fourth-order valence-corrected chi connectivity index (χ4v) is 4.83. The summed E-state index contributed by atoms with van der Waals surface area (Å²) in [5.74, 6) is 0.986. The van der Waals surface area contributed by atoms with E-state index in [0.29, 0.717) is 18.6 Å². The number of aliphatic hydroxyl groups is 1. The molecule has 0 aliphatic carbocycles. The smallest absolute Gasteiger partial charge is 0.188 e. The topological polar surface area (TPSA) is 102 Å². The molecule has 8 nitrogen and oxygen atoms in total. The van der Waals surface area contributed by atoms with Crippen LogP contribution in [0, 0.1) is 6.92 Å². The molecule has 1 aromatic carbocycles. The van der Waals surface area contributed by atoms with Crippen LogP contribution in [0.4, 0.5) is 5.69 Å². The number of hydrogen-bond donors (Lipinski definition) is 2. The third kappa shape index (κ3) is 4.27. The molecule has 2 heterocycles. The second-order valence-electron chi connectivity index (χ2n) is 8.57. The van der Waals surface area contributed by atoms with Gasteiger partial charge >= 0.3 is 0 Å². The van der Waals surface area contributed by atoms with Gasteiger partial charge in [-0.2, -0.15) is 0 Å². The highest BCUT2D eigenvalue weighted by atomic mass is 32.2. The number of ether oxygens (including phenoxy) is 2. The molecule has 174 valence electrons. The third-order valence-corrected chi connectivity index (χ3v) is 7.81. The molecule has 0 amide bonds. The van der Waals surface area contributed by atoms with Gasteiger partial charge in [0.05, 0.1) is 36.5 Å². The normalized spacial score (nSPS) is 12.2. The molecule has 3 aromatic rings. The van der Waals surface area contributed by atoms with Crippen molar-refractivity contribution >= 4 is 21.2 Å². The molecule has 0 bridgehead atoms. The van der Waals surface area contributed by atoms with E-state index >= 15 is 0 Å². The largest absolute Gasteiger partial charge is 0.495 e. The summed E-state index contributed by atoms with van der Waals surface area (Å²) < 4.78 is 38.2. The average Bonchev–Trinajstić information content (AvgIpc) is 3.14. The van der Waals surface area contributed by atoms with E-state index in [0.717, 1.165) is 28.3 Å². The Morgan fingerprint density at radius 1 is 1.16 bits per heavy atom. The number of fused-ring (bicyclic) bond motifs is 1. The van der Waals surface area contributed by atoms with E-state index in [9.17, 15) is 8.42 Å². The minimum absolute atomic E-state index is 0.0914. The lowest BCUT2D eigenvalue weighted by molar-refractivity contribution is 0.292. The molecule has 0 saturated carbocycles. The Morgan fingerprint density at radius 2 is 1.88 bits per heavy atom. The second kappa shape index (κ2) is 8.99. The lowest BCUT2D eigenvalue weighted by atomic mass is 10.1. The molecule has 32 heavy (non-hydrogen) atoms. The van der Waals surface area contributed by atoms with Gasteiger partial charge in [0.2, 0.25) is 0 Å². The Morgan fingerprint density at radius 3 is 2.47 bits per heavy atom. The van der Waals surface area contributed by atoms with Crippen molar-refractivity contribution in [1.29, 1.82) is 0 Å². The Labute approximate surface area is 189 Å². The first-order valence-corrected chi connectivity index (χ1v) is 11.9. The molecule has 0 spiro atoms. The molecule has 0 aliphatic rings. The van der Waals surface area contributed by atoms with E-state index in [1.165, 1.54) is 7.11 Å². The number of sulfone groups is 1. The SMILES string of the molecule is COc1cc2ncc(-c3cc(C)c(OC)c(NCCCO)c3)n2cc1S(=O)(=O)C(C)(C)C. The van der Waals surface area contributed by atoms with Crippen molar-refractivity contribution in [2.24, 2.45) is 0 Å². The minimum Gasteiger partial charge on any atom is -0.495 e. The number of imidazole rings is 1. The molecule has 0 atom stereocenters. The maximum absolute atomic E-state index is 13.2. The Kier molecular flexibility index (Phi) is 6.71. The van der Waals surface area contributed by atoms with Crippen LogP contribution in [0.2, 0.25) is 0 Å². The molecule has 0 fully saturated rings. The number of rotatable bonds is 8. The van der Waals surface area contributed by atoms with Crippen LogP contribution in [0.1, 0.15) is 32.8 Å². The van der Waals surface area contributed by atoms with Gasteiger partial charge < -0.3 is 19.9 Å². The maximum atomic E-state index is 13.2. The zero-order valence-corrected chi connectivity index (χ0v) is 20.2. The van der Waals surface area contributed by atoms with Crippen molar-refractivity contribution in [1.82, 2.24) is 9.38 Å². The summed E-state index contributed by atoms with van der Waals surface area (Å²) in [4.78, 5) is 4.59. The van der Waals surface area contributed by atoms with Gasteiger partial charge in [-0.15, -0.1) is 0 Å². The second-order valence-corrected chi connectivity index (χ2v) is 11.2. The van der Waals surface area contributed by atoms with Crippen molar-refractivity contribution < 1.29 is 23.0 Å². The quantitative estimate of drug-likeness (QED) is 0.493. The minimum atomic E-state index is -3.66. The van der Waals surface area contributed by atoms with Crippen LogP contribution < -0.4 is 14.8 Å². The molecule has 3 rings (SSSR count). The summed E-state index contributed by atoms with van der Waals surface area (Å²) in [7, 11) is -0.592. The summed E-state index contributed by atoms with van der Waals surface area (Å²) >= 11 is 0. The van der Waals surface area contributed by atoms with Gasteiger partial charge in [0, 0.05) is 31.0 Å². The van der Waals surface area contributed by atoms with Gasteiger partial charge in [0.1, 0.15) is 22.0 Å². The first-order valence-electron chi connectivity index (χ1n) is 10.4. The highest BCUT2D eigenvalue weighted by Gasteiger charge is 2.34. The molecule has 0 unspecified atom stereocenters. The van der Waals surface area contributed by atoms with Gasteiger partial charge in [-0.1, -0.05) is 0 Å². The van der Waals surface area contributed by atoms with Crippen molar-refractivity contribution in [2.75, 3.05) is 32.7 Å². The molecule has 2 aromatic heterocycles. The number of pyridine rings is 1. The monoisotopic (exact) mass is 461 g/mol. The Hall–Kier alpha value is -2.78. The number of nitrogens with one attached hydrogen (secondary N) is 1. The van der Waals surface area contributed by atoms with Crippen LogP contribution in [0.25, 0.3) is 16.9 Å². The predicted octanol–water partition coefficient (Wildman–Crippen LogP) is 3.69. The van der Waals surface area contributed by atoms with E-state index < -0.39 is 14.6 Å². The van der Waals surface area contributed by atoms with Gasteiger partial charge in [-0.05, 0) is 51.8 Å². The highest BCUT2D eigenvalue weighted by Crippen LogP contribution is 2.37. The fraction of sp³-hybridized carbons (Fsp3) is 0.435. The lowest BCUT2D eigenvalue weighted by Crippen LogP contribution is -2.28. The Bertz CT molecular complexity index is 1230. The van der Waals surface area contributed by atoms with Gasteiger partial charge in [-0.3, -0.25) is 4.40 Å². The van der Waals surface area contributed by atoms with E-state index in [-0.39, 0.29) is 17.3 Å². The number of nitrogens with zero attached hydrogens (tertiary/aromatic N) is 2. The molecule has 9 heteroatoms. The number of hydrogen-bond acceptors (Lipinski definition) is 7. The molecule has 0 saturated heterocycles. The highest BCUT2D eigenvalue weighted by molar-refractivity contribution is 7.92. The zero-order chi connectivity index (χ0) is 23.7. The van der Waals surface area contributed by atoms with Gasteiger partial charge in [0.25, 0.3) is 0 Å². The summed E-state index contributed by atoms with van der Waals surface area (Å²) in [6.45, 7) is 7.62. The van der Waals surface area contributed by atoms with Crippen LogP contribution in [0.3, 0.4) is 0 Å². The van der Waals surface area contributed by atoms with Gasteiger partial charge in [0.15, 0.2) is 9.84 Å². The van der Waals surface area contributed by atoms with Crippen molar-refractivity contribution in [3.63, 3.8) is 0 Å². The van der Waals surface area contributed by atoms with Crippen LogP contribution in [0.5, 0.6) is 11.5 Å². The summed E-state index contributed by atoms with van der Waals surface area (Å²) in [6, 6.07) is 5.55. The number of aromatic nitrogens is 2. The molecular weight excluding hydrogens is 430 g/mol. The summed E-state index contributed by atoms with van der Waals surface area (Å²) in [6.07, 6.45) is 3.90. The number of benzene rings is 1.